The molecule has 0 heterocycles. The maximum atomic E-state index is 12.3. The van der Waals surface area contributed by atoms with Crippen molar-refractivity contribution < 1.29 is 19.5 Å². The van der Waals surface area contributed by atoms with E-state index >= 15 is 0 Å². The van der Waals surface area contributed by atoms with Gasteiger partial charge in [-0.15, -0.1) is 0 Å². The van der Waals surface area contributed by atoms with Crippen LogP contribution in [-0.4, -0.2) is 41.0 Å². The fourth-order valence-electron chi connectivity index (χ4n) is 2.01. The first kappa shape index (κ1) is 21.3. The molecule has 0 aromatic rings. The predicted octanol–water partition coefficient (Wildman–Crippen LogP) is -0.131. The van der Waals surface area contributed by atoms with Crippen LogP contribution < -0.4 is 22.1 Å². The van der Waals surface area contributed by atoms with Crippen molar-refractivity contribution >= 4 is 17.8 Å². The minimum absolute atomic E-state index is 0.204. The second-order valence-electron chi connectivity index (χ2n) is 5.62. The van der Waals surface area contributed by atoms with Gasteiger partial charge in [0.25, 0.3) is 0 Å². The van der Waals surface area contributed by atoms with Crippen LogP contribution in [0, 0.1) is 6.04 Å². The van der Waals surface area contributed by atoms with Gasteiger partial charge in [0.15, 0.2) is 0 Å². The maximum Gasteiger partial charge on any atom is 0.305 e. The third kappa shape index (κ3) is 8.51. The quantitative estimate of drug-likeness (QED) is 0.356. The van der Waals surface area contributed by atoms with Gasteiger partial charge in [-0.1, -0.05) is 26.7 Å². The number of nitrogens with two attached hydrogens (primary N) is 2. The second kappa shape index (κ2) is 11.0. The molecule has 2 amide bonds. The Balaban J connectivity index is 4.82. The van der Waals surface area contributed by atoms with Crippen molar-refractivity contribution in [1.29, 1.82) is 0 Å². The van der Waals surface area contributed by atoms with Gasteiger partial charge in [-0.3, -0.25) is 14.4 Å². The van der Waals surface area contributed by atoms with Crippen molar-refractivity contribution in [2.45, 2.75) is 71.0 Å². The fraction of sp³-hybridized carbons (Fsp3) is 0.733. The molecule has 1 radical (unpaired) electrons. The van der Waals surface area contributed by atoms with E-state index in [9.17, 15) is 14.4 Å². The van der Waals surface area contributed by atoms with Crippen LogP contribution >= 0.6 is 0 Å². The molecule has 3 atom stereocenters. The molecule has 23 heavy (non-hydrogen) atoms. The topological polar surface area (TPSA) is 148 Å². The highest BCUT2D eigenvalue weighted by molar-refractivity contribution is 5.90. The molecule has 0 bridgehead atoms. The van der Waals surface area contributed by atoms with Crippen LogP contribution in [0.2, 0.25) is 0 Å². The van der Waals surface area contributed by atoms with E-state index in [1.807, 2.05) is 13.8 Å². The molecule has 0 aliphatic carbocycles. The Morgan fingerprint density at radius 1 is 1.04 bits per heavy atom. The molecule has 0 spiro atoms. The summed E-state index contributed by atoms with van der Waals surface area (Å²) in [5, 5.41) is 14.0. The molecular formula is C15H29N4O4. The van der Waals surface area contributed by atoms with Gasteiger partial charge in [-0.05, 0) is 19.8 Å². The third-order valence-electron chi connectivity index (χ3n) is 3.32. The van der Waals surface area contributed by atoms with Crippen LogP contribution in [0.15, 0.2) is 0 Å². The van der Waals surface area contributed by atoms with E-state index in [0.29, 0.717) is 19.3 Å². The Labute approximate surface area is 137 Å². The van der Waals surface area contributed by atoms with Crippen LogP contribution in [0.25, 0.3) is 0 Å². The summed E-state index contributed by atoms with van der Waals surface area (Å²) >= 11 is 0. The first-order valence-electron chi connectivity index (χ1n) is 7.92. The zero-order chi connectivity index (χ0) is 18.0. The number of carboxylic acid groups (broad SMARTS) is 1. The smallest absolute Gasteiger partial charge is 0.305 e. The van der Waals surface area contributed by atoms with Crippen molar-refractivity contribution in [2.24, 2.45) is 11.5 Å². The SMILES string of the molecule is CCC[C@H](NC(=O)[C@@H](N)CCC)C(=O)N[C](CC(=O)O)C(C)N. The van der Waals surface area contributed by atoms with Crippen LogP contribution in [0.5, 0.6) is 0 Å². The Morgan fingerprint density at radius 2 is 1.61 bits per heavy atom. The normalized spacial score (nSPS) is 14.9. The summed E-state index contributed by atoms with van der Waals surface area (Å²) < 4.78 is 0. The largest absolute Gasteiger partial charge is 0.481 e. The lowest BCUT2D eigenvalue weighted by Crippen LogP contribution is -2.53. The van der Waals surface area contributed by atoms with Crippen molar-refractivity contribution in [3.05, 3.63) is 6.04 Å². The zero-order valence-corrected chi connectivity index (χ0v) is 14.1. The van der Waals surface area contributed by atoms with E-state index in [-0.39, 0.29) is 18.4 Å². The number of carboxylic acids is 1. The van der Waals surface area contributed by atoms with Gasteiger partial charge >= 0.3 is 5.97 Å². The summed E-state index contributed by atoms with van der Waals surface area (Å²) in [7, 11) is 0. The van der Waals surface area contributed by atoms with Crippen LogP contribution in [0.1, 0.15) is 52.9 Å². The van der Waals surface area contributed by atoms with Crippen molar-refractivity contribution in [3.63, 3.8) is 0 Å². The molecule has 0 rings (SSSR count). The summed E-state index contributed by atoms with van der Waals surface area (Å²) in [5.74, 6) is -1.95. The number of aliphatic carboxylic acids is 1. The molecule has 0 fully saturated rings. The first-order chi connectivity index (χ1) is 10.7. The molecule has 0 aromatic carbocycles. The standard InChI is InChI=1S/C15H29N4O4/c1-4-6-10(17)14(22)18-11(7-5-2)15(23)19-12(9(3)16)8-13(20)21/h9-11H,4-8,16-17H2,1-3H3,(H,18,22)(H,19,23)(H,20,21)/t9?,10-,11-/m0/s1. The van der Waals surface area contributed by atoms with Crippen LogP contribution in [-0.2, 0) is 14.4 Å². The van der Waals surface area contributed by atoms with E-state index in [4.69, 9.17) is 16.6 Å². The second-order valence-corrected chi connectivity index (χ2v) is 5.62. The molecule has 1 unspecified atom stereocenters. The Hall–Kier alpha value is -1.67. The number of carbonyl (C=O) groups is 3. The van der Waals surface area contributed by atoms with Gasteiger partial charge in [0.1, 0.15) is 6.04 Å². The minimum Gasteiger partial charge on any atom is -0.481 e. The highest BCUT2D eigenvalue weighted by Crippen LogP contribution is 2.08. The van der Waals surface area contributed by atoms with Crippen LogP contribution in [0.3, 0.4) is 0 Å². The summed E-state index contributed by atoms with van der Waals surface area (Å²) in [4.78, 5) is 35.1. The van der Waals surface area contributed by atoms with Crippen molar-refractivity contribution in [3.8, 4) is 0 Å². The lowest BCUT2D eigenvalue weighted by atomic mass is 10.0. The van der Waals surface area contributed by atoms with Gasteiger partial charge in [-0.2, -0.15) is 0 Å². The highest BCUT2D eigenvalue weighted by Gasteiger charge is 2.27. The van der Waals surface area contributed by atoms with Gasteiger partial charge in [0.05, 0.1) is 18.5 Å². The Bertz CT molecular complexity index is 401. The number of hydrogen-bond acceptors (Lipinski definition) is 5. The zero-order valence-electron chi connectivity index (χ0n) is 14.1. The highest BCUT2D eigenvalue weighted by atomic mass is 16.4. The molecular weight excluding hydrogens is 300 g/mol. The average Bonchev–Trinajstić information content (AvgIpc) is 2.45. The van der Waals surface area contributed by atoms with Crippen LogP contribution in [0.4, 0.5) is 0 Å². The summed E-state index contributed by atoms with van der Waals surface area (Å²) in [6.45, 7) is 5.38. The molecule has 133 valence electrons. The summed E-state index contributed by atoms with van der Waals surface area (Å²) in [5.41, 5.74) is 11.4. The van der Waals surface area contributed by atoms with Crippen molar-refractivity contribution in [1.82, 2.24) is 10.6 Å². The van der Waals surface area contributed by atoms with E-state index < -0.39 is 30.0 Å². The van der Waals surface area contributed by atoms with E-state index in [2.05, 4.69) is 10.6 Å². The van der Waals surface area contributed by atoms with Crippen molar-refractivity contribution in [2.75, 3.05) is 0 Å². The lowest BCUT2D eigenvalue weighted by molar-refractivity contribution is -0.137. The third-order valence-corrected chi connectivity index (χ3v) is 3.32. The van der Waals surface area contributed by atoms with E-state index in [1.165, 1.54) is 0 Å². The number of rotatable bonds is 11. The molecule has 0 aliphatic rings. The molecule has 8 heteroatoms. The predicted molar refractivity (Wildman–Crippen MR) is 87.0 cm³/mol. The van der Waals surface area contributed by atoms with Gasteiger partial charge in [-0.25, -0.2) is 0 Å². The molecule has 7 N–H and O–H groups in total. The number of carbonyl (C=O) groups excluding carboxylic acids is 2. The monoisotopic (exact) mass is 329 g/mol. The minimum atomic E-state index is -1.08. The summed E-state index contributed by atoms with van der Waals surface area (Å²) in [6, 6.07) is -1.83. The Kier molecular flexibility index (Phi) is 10.2. The van der Waals surface area contributed by atoms with E-state index in [0.717, 1.165) is 6.42 Å². The molecule has 0 saturated heterocycles. The molecule has 0 aliphatic heterocycles. The van der Waals surface area contributed by atoms with Gasteiger partial charge in [0, 0.05) is 6.04 Å². The van der Waals surface area contributed by atoms with E-state index in [1.54, 1.807) is 6.92 Å². The average molecular weight is 329 g/mol. The lowest BCUT2D eigenvalue weighted by Gasteiger charge is -2.24. The number of hydrogen-bond donors (Lipinski definition) is 5. The maximum absolute atomic E-state index is 12.3. The number of nitrogens with one attached hydrogen (secondary N) is 2. The molecule has 0 saturated carbocycles. The Morgan fingerprint density at radius 3 is 2.04 bits per heavy atom. The number of amides is 2. The fourth-order valence-corrected chi connectivity index (χ4v) is 2.01. The molecule has 8 nitrogen and oxygen atoms in total. The van der Waals surface area contributed by atoms with Gasteiger partial charge < -0.3 is 27.2 Å². The first-order valence-corrected chi connectivity index (χ1v) is 7.92. The summed E-state index contributed by atoms with van der Waals surface area (Å²) in [6.07, 6.45) is 2.04. The molecule has 0 aromatic heterocycles. The van der Waals surface area contributed by atoms with Gasteiger partial charge in [0.2, 0.25) is 11.8 Å².